The molecular weight excluding hydrogens is 320 g/mol. The van der Waals surface area contributed by atoms with Crippen LogP contribution in [0.5, 0.6) is 0 Å². The van der Waals surface area contributed by atoms with Crippen molar-refractivity contribution >= 4 is 35.1 Å². The maximum absolute atomic E-state index is 12.1. The predicted octanol–water partition coefficient (Wildman–Crippen LogP) is 2.59. The largest absolute Gasteiger partial charge is 0.481 e. The van der Waals surface area contributed by atoms with Gasteiger partial charge in [-0.2, -0.15) is 0 Å². The molecule has 1 rings (SSSR count). The van der Waals surface area contributed by atoms with Crippen LogP contribution in [0.15, 0.2) is 18.2 Å². The van der Waals surface area contributed by atoms with Crippen LogP contribution in [-0.4, -0.2) is 22.9 Å². The first-order valence-electron chi connectivity index (χ1n) is 7.39. The molecule has 0 radical (unpaired) electrons. The van der Waals surface area contributed by atoms with Gasteiger partial charge < -0.3 is 16.2 Å². The lowest BCUT2D eigenvalue weighted by Gasteiger charge is -2.14. The minimum absolute atomic E-state index is 0.0665. The number of carboxylic acid groups (broad SMARTS) is 1. The van der Waals surface area contributed by atoms with Gasteiger partial charge in [-0.1, -0.05) is 30.7 Å². The summed E-state index contributed by atoms with van der Waals surface area (Å²) < 4.78 is 0. The minimum atomic E-state index is -0.853. The summed E-state index contributed by atoms with van der Waals surface area (Å²) in [6.07, 6.45) is 1.58. The number of carboxylic acids is 1. The number of anilines is 1. The predicted molar refractivity (Wildman–Crippen MR) is 88.2 cm³/mol. The minimum Gasteiger partial charge on any atom is -0.481 e. The van der Waals surface area contributed by atoms with E-state index in [2.05, 4.69) is 5.32 Å². The molecule has 0 aliphatic rings. The number of carbonyl (C=O) groups is 3. The second-order valence-corrected chi connectivity index (χ2v) is 5.80. The maximum Gasteiger partial charge on any atom is 0.303 e. The molecule has 0 aliphatic heterocycles. The highest BCUT2D eigenvalue weighted by Crippen LogP contribution is 2.27. The molecule has 2 amide bonds. The lowest BCUT2D eigenvalue weighted by Crippen LogP contribution is -2.22. The van der Waals surface area contributed by atoms with Crippen LogP contribution in [0.4, 0.5) is 5.69 Å². The van der Waals surface area contributed by atoms with Crippen molar-refractivity contribution in [3.05, 3.63) is 28.8 Å². The van der Waals surface area contributed by atoms with Crippen LogP contribution in [-0.2, 0) is 20.8 Å². The van der Waals surface area contributed by atoms with Crippen LogP contribution < -0.4 is 11.1 Å². The zero-order valence-corrected chi connectivity index (χ0v) is 13.7. The van der Waals surface area contributed by atoms with E-state index in [0.29, 0.717) is 30.0 Å². The Labute approximate surface area is 140 Å². The Morgan fingerprint density at radius 2 is 2.00 bits per heavy atom. The fourth-order valence-corrected chi connectivity index (χ4v) is 2.31. The molecule has 1 unspecified atom stereocenters. The normalized spacial score (nSPS) is 11.7. The van der Waals surface area contributed by atoms with Crippen molar-refractivity contribution in [2.24, 2.45) is 11.7 Å². The molecule has 6 nitrogen and oxygen atoms in total. The number of amides is 2. The summed E-state index contributed by atoms with van der Waals surface area (Å²) in [5, 5.41) is 11.8. The van der Waals surface area contributed by atoms with Crippen molar-refractivity contribution in [1.29, 1.82) is 0 Å². The zero-order valence-electron chi connectivity index (χ0n) is 13.0. The number of rotatable bonds is 9. The van der Waals surface area contributed by atoms with Crippen LogP contribution in [0.25, 0.3) is 0 Å². The second-order valence-electron chi connectivity index (χ2n) is 5.42. The Morgan fingerprint density at radius 1 is 1.30 bits per heavy atom. The van der Waals surface area contributed by atoms with Gasteiger partial charge in [0.05, 0.1) is 10.7 Å². The van der Waals surface area contributed by atoms with E-state index in [4.69, 9.17) is 22.4 Å². The molecule has 0 aliphatic carbocycles. The Hall–Kier alpha value is -2.08. The van der Waals surface area contributed by atoms with Crippen LogP contribution in [0.3, 0.4) is 0 Å². The first-order chi connectivity index (χ1) is 10.8. The van der Waals surface area contributed by atoms with Crippen molar-refractivity contribution in [1.82, 2.24) is 0 Å². The third-order valence-electron chi connectivity index (χ3n) is 3.44. The topological polar surface area (TPSA) is 109 Å². The molecule has 0 heterocycles. The SMILES string of the molecule is CC(CCC(N)=O)C(=O)Nc1cccc(CCCC(=O)O)c1Cl. The fraction of sp³-hybridized carbons (Fsp3) is 0.438. The maximum atomic E-state index is 12.1. The summed E-state index contributed by atoms with van der Waals surface area (Å²) in [5.41, 5.74) is 6.34. The summed E-state index contributed by atoms with van der Waals surface area (Å²) in [6.45, 7) is 1.71. The monoisotopic (exact) mass is 340 g/mol. The second kappa shape index (κ2) is 9.15. The molecule has 7 heteroatoms. The summed E-state index contributed by atoms with van der Waals surface area (Å²) >= 11 is 6.26. The van der Waals surface area contributed by atoms with Gasteiger partial charge in [-0.25, -0.2) is 0 Å². The quantitative estimate of drug-likeness (QED) is 0.641. The number of aliphatic carboxylic acids is 1. The molecule has 0 bridgehead atoms. The number of benzene rings is 1. The smallest absolute Gasteiger partial charge is 0.303 e. The van der Waals surface area contributed by atoms with Gasteiger partial charge in [0.1, 0.15) is 0 Å². The fourth-order valence-electron chi connectivity index (χ4n) is 2.05. The summed E-state index contributed by atoms with van der Waals surface area (Å²) in [6, 6.07) is 5.24. The number of nitrogens with two attached hydrogens (primary N) is 1. The summed E-state index contributed by atoms with van der Waals surface area (Å²) in [7, 11) is 0. The van der Waals surface area contributed by atoms with Gasteiger partial charge in [0.25, 0.3) is 0 Å². The summed E-state index contributed by atoms with van der Waals surface area (Å²) in [5.74, 6) is -1.90. The molecular formula is C16H21ClN2O4. The average molecular weight is 341 g/mol. The number of hydrogen-bond donors (Lipinski definition) is 3. The van der Waals surface area contributed by atoms with Gasteiger partial charge in [-0.3, -0.25) is 14.4 Å². The molecule has 0 spiro atoms. The van der Waals surface area contributed by atoms with E-state index in [-0.39, 0.29) is 24.7 Å². The number of primary amides is 1. The van der Waals surface area contributed by atoms with Crippen molar-refractivity contribution in [3.8, 4) is 0 Å². The Balaban J connectivity index is 2.67. The van der Waals surface area contributed by atoms with Crippen molar-refractivity contribution < 1.29 is 19.5 Å². The number of halogens is 1. The first kappa shape index (κ1) is 19.0. The van der Waals surface area contributed by atoms with Gasteiger partial charge in [0.15, 0.2) is 0 Å². The van der Waals surface area contributed by atoms with E-state index in [1.807, 2.05) is 0 Å². The van der Waals surface area contributed by atoms with E-state index < -0.39 is 11.9 Å². The van der Waals surface area contributed by atoms with Gasteiger partial charge >= 0.3 is 5.97 Å². The molecule has 1 atom stereocenters. The first-order valence-corrected chi connectivity index (χ1v) is 7.77. The summed E-state index contributed by atoms with van der Waals surface area (Å²) in [4.78, 5) is 33.4. The van der Waals surface area contributed by atoms with Gasteiger partial charge in [-0.05, 0) is 30.9 Å². The van der Waals surface area contributed by atoms with Gasteiger partial charge in [0.2, 0.25) is 11.8 Å². The molecule has 0 fully saturated rings. The number of hydrogen-bond acceptors (Lipinski definition) is 3. The molecule has 1 aromatic rings. The molecule has 23 heavy (non-hydrogen) atoms. The van der Waals surface area contributed by atoms with Gasteiger partial charge in [-0.15, -0.1) is 0 Å². The zero-order chi connectivity index (χ0) is 17.4. The van der Waals surface area contributed by atoms with Gasteiger partial charge in [0, 0.05) is 18.8 Å². The van der Waals surface area contributed by atoms with Crippen LogP contribution in [0.2, 0.25) is 5.02 Å². The number of carbonyl (C=O) groups excluding carboxylic acids is 2. The molecule has 4 N–H and O–H groups in total. The lowest BCUT2D eigenvalue weighted by molar-refractivity contribution is -0.137. The van der Waals surface area contributed by atoms with E-state index in [1.54, 1.807) is 25.1 Å². The highest BCUT2D eigenvalue weighted by Gasteiger charge is 2.16. The number of aryl methyl sites for hydroxylation is 1. The van der Waals surface area contributed by atoms with Crippen molar-refractivity contribution in [2.45, 2.75) is 39.0 Å². The van der Waals surface area contributed by atoms with Crippen LogP contribution in [0.1, 0.15) is 38.2 Å². The Bertz CT molecular complexity index is 589. The molecule has 0 saturated carbocycles. The van der Waals surface area contributed by atoms with E-state index in [0.717, 1.165) is 5.56 Å². The molecule has 1 aromatic carbocycles. The standard InChI is InChI=1S/C16H21ClN2O4/c1-10(8-9-13(18)20)16(23)19-12-6-2-4-11(15(12)17)5-3-7-14(21)22/h2,4,6,10H,3,5,7-9H2,1H3,(H2,18,20)(H,19,23)(H,21,22). The molecule has 0 aromatic heterocycles. The van der Waals surface area contributed by atoms with E-state index in [9.17, 15) is 14.4 Å². The Morgan fingerprint density at radius 3 is 2.61 bits per heavy atom. The highest BCUT2D eigenvalue weighted by atomic mass is 35.5. The van der Waals surface area contributed by atoms with E-state index in [1.165, 1.54) is 0 Å². The van der Waals surface area contributed by atoms with Crippen LogP contribution in [0, 0.1) is 5.92 Å². The Kier molecular flexibility index (Phi) is 7.54. The van der Waals surface area contributed by atoms with Crippen LogP contribution >= 0.6 is 11.6 Å². The molecule has 0 saturated heterocycles. The van der Waals surface area contributed by atoms with E-state index >= 15 is 0 Å². The number of nitrogens with one attached hydrogen (secondary N) is 1. The average Bonchev–Trinajstić information content (AvgIpc) is 2.48. The molecule has 126 valence electrons. The third kappa shape index (κ3) is 6.69. The van der Waals surface area contributed by atoms with Crippen molar-refractivity contribution in [3.63, 3.8) is 0 Å². The third-order valence-corrected chi connectivity index (χ3v) is 3.89. The van der Waals surface area contributed by atoms with Crippen molar-refractivity contribution in [2.75, 3.05) is 5.32 Å². The highest BCUT2D eigenvalue weighted by molar-refractivity contribution is 6.34. The lowest BCUT2D eigenvalue weighted by atomic mass is 10.0.